The van der Waals surface area contributed by atoms with Gasteiger partial charge in [0.05, 0.1) is 26.0 Å². The van der Waals surface area contributed by atoms with Gasteiger partial charge in [0.1, 0.15) is 17.2 Å². The molecule has 0 saturated carbocycles. The fourth-order valence-electron chi connectivity index (χ4n) is 4.18. The number of nitrogens with zero attached hydrogens (tertiary/aromatic N) is 2. The molecule has 1 unspecified atom stereocenters. The number of carbonyl (C=O) groups excluding carboxylic acids is 1. The van der Waals surface area contributed by atoms with E-state index in [0.717, 1.165) is 26.9 Å². The van der Waals surface area contributed by atoms with Gasteiger partial charge in [-0.1, -0.05) is 39.7 Å². The molecule has 2 heterocycles. The third kappa shape index (κ3) is 3.67. The third-order valence-electron chi connectivity index (χ3n) is 5.73. The van der Waals surface area contributed by atoms with Crippen molar-refractivity contribution < 1.29 is 14.3 Å². The summed E-state index contributed by atoms with van der Waals surface area (Å²) in [6.07, 6.45) is 0. The number of aromatic nitrogens is 2. The number of benzene rings is 3. The Morgan fingerprint density at radius 2 is 1.73 bits per heavy atom. The smallest absolute Gasteiger partial charge is 0.277 e. The maximum atomic E-state index is 13.6. The number of hydrogen-bond donors (Lipinski definition) is 1. The van der Waals surface area contributed by atoms with Gasteiger partial charge < -0.3 is 9.47 Å². The lowest BCUT2D eigenvalue weighted by molar-refractivity contribution is 0.0988. The molecule has 1 atom stereocenters. The number of halogens is 2. The largest absolute Gasteiger partial charge is 0.497 e. The van der Waals surface area contributed by atoms with E-state index in [1.807, 2.05) is 54.6 Å². The fraction of sp³-hybridized carbons (Fsp3) is 0.120. The minimum absolute atomic E-state index is 0.175. The summed E-state index contributed by atoms with van der Waals surface area (Å²) >= 11 is 9.60. The minimum Gasteiger partial charge on any atom is -0.497 e. The Labute approximate surface area is 204 Å². The van der Waals surface area contributed by atoms with Crippen molar-refractivity contribution in [3.63, 3.8) is 0 Å². The van der Waals surface area contributed by atoms with E-state index in [0.29, 0.717) is 27.9 Å². The van der Waals surface area contributed by atoms with Crippen LogP contribution in [0.5, 0.6) is 11.5 Å². The summed E-state index contributed by atoms with van der Waals surface area (Å²) in [7, 11) is 3.21. The normalized spacial score (nSPS) is 15.0. The van der Waals surface area contributed by atoms with Crippen LogP contribution in [-0.4, -0.2) is 30.3 Å². The SMILES string of the molecule is COc1ccc(C2c3c(-c4ccc(Br)cc4)n[nH]c3C(=O)N2c2ccc(Cl)cc2)c(OC)c1. The van der Waals surface area contributed by atoms with Crippen molar-refractivity contribution in [1.82, 2.24) is 10.2 Å². The van der Waals surface area contributed by atoms with Crippen LogP contribution in [0.2, 0.25) is 5.02 Å². The van der Waals surface area contributed by atoms with Crippen LogP contribution in [0.25, 0.3) is 11.3 Å². The lowest BCUT2D eigenvalue weighted by Gasteiger charge is -2.28. The van der Waals surface area contributed by atoms with E-state index >= 15 is 0 Å². The summed E-state index contributed by atoms with van der Waals surface area (Å²) in [5.41, 5.74) is 4.40. The van der Waals surface area contributed by atoms with Crippen LogP contribution in [0.4, 0.5) is 5.69 Å². The Kier molecular flexibility index (Phi) is 5.60. The standard InChI is InChI=1S/C25H19BrClN3O3/c1-32-18-11-12-19(20(13-18)33-2)24-21-22(14-3-5-15(26)6-4-14)28-29-23(21)25(31)30(24)17-9-7-16(27)8-10-17/h3-13,24H,1-2H3,(H,28,29). The number of fused-ring (bicyclic) bond motifs is 1. The molecule has 1 aromatic heterocycles. The topological polar surface area (TPSA) is 67.5 Å². The molecule has 5 rings (SSSR count). The molecular formula is C25H19BrClN3O3. The zero-order valence-electron chi connectivity index (χ0n) is 17.8. The molecule has 0 radical (unpaired) electrons. The van der Waals surface area contributed by atoms with Gasteiger partial charge in [-0.05, 0) is 48.5 Å². The van der Waals surface area contributed by atoms with Crippen molar-refractivity contribution in [2.45, 2.75) is 6.04 Å². The number of anilines is 1. The molecule has 6 nitrogen and oxygen atoms in total. The highest BCUT2D eigenvalue weighted by Gasteiger charge is 2.44. The van der Waals surface area contributed by atoms with Crippen LogP contribution < -0.4 is 14.4 Å². The lowest BCUT2D eigenvalue weighted by Crippen LogP contribution is -2.29. The maximum Gasteiger partial charge on any atom is 0.277 e. The van der Waals surface area contributed by atoms with Crippen LogP contribution in [0.1, 0.15) is 27.7 Å². The molecule has 0 spiro atoms. The monoisotopic (exact) mass is 523 g/mol. The average molecular weight is 525 g/mol. The Bertz CT molecular complexity index is 1340. The second-order valence-electron chi connectivity index (χ2n) is 7.53. The van der Waals surface area contributed by atoms with Gasteiger partial charge >= 0.3 is 0 Å². The van der Waals surface area contributed by atoms with Gasteiger partial charge in [-0.15, -0.1) is 0 Å². The summed E-state index contributed by atoms with van der Waals surface area (Å²) in [6, 6.07) is 20.2. The Morgan fingerprint density at radius 1 is 1.00 bits per heavy atom. The molecule has 0 saturated heterocycles. The number of H-pyrrole nitrogens is 1. The zero-order valence-corrected chi connectivity index (χ0v) is 20.1. The van der Waals surface area contributed by atoms with Crippen LogP contribution in [0.15, 0.2) is 71.2 Å². The number of hydrogen-bond acceptors (Lipinski definition) is 4. The molecule has 1 N–H and O–H groups in total. The molecule has 33 heavy (non-hydrogen) atoms. The number of nitrogens with one attached hydrogen (secondary N) is 1. The van der Waals surface area contributed by atoms with E-state index in [2.05, 4.69) is 26.1 Å². The maximum absolute atomic E-state index is 13.6. The first-order valence-corrected chi connectivity index (χ1v) is 11.3. The van der Waals surface area contributed by atoms with Crippen molar-refractivity contribution in [3.8, 4) is 22.8 Å². The zero-order chi connectivity index (χ0) is 23.1. The molecule has 0 aliphatic carbocycles. The fourth-order valence-corrected chi connectivity index (χ4v) is 4.57. The predicted molar refractivity (Wildman–Crippen MR) is 131 cm³/mol. The Morgan fingerprint density at radius 3 is 2.39 bits per heavy atom. The molecule has 1 aliphatic heterocycles. The molecule has 3 aromatic carbocycles. The predicted octanol–water partition coefficient (Wildman–Crippen LogP) is 6.26. The highest BCUT2D eigenvalue weighted by atomic mass is 79.9. The van der Waals surface area contributed by atoms with Crippen molar-refractivity contribution in [3.05, 3.63) is 93.0 Å². The summed E-state index contributed by atoms with van der Waals surface area (Å²) < 4.78 is 12.1. The quantitative estimate of drug-likeness (QED) is 0.335. The second-order valence-corrected chi connectivity index (χ2v) is 8.88. The summed E-state index contributed by atoms with van der Waals surface area (Å²) in [4.78, 5) is 15.4. The van der Waals surface area contributed by atoms with E-state index in [4.69, 9.17) is 21.1 Å². The number of carbonyl (C=O) groups is 1. The van der Waals surface area contributed by atoms with Gasteiger partial charge in [-0.2, -0.15) is 5.10 Å². The number of methoxy groups -OCH3 is 2. The van der Waals surface area contributed by atoms with E-state index in [1.54, 1.807) is 31.3 Å². The molecule has 0 fully saturated rings. The highest BCUT2D eigenvalue weighted by molar-refractivity contribution is 9.10. The van der Waals surface area contributed by atoms with Gasteiger partial charge in [0.2, 0.25) is 0 Å². The molecule has 4 aromatic rings. The third-order valence-corrected chi connectivity index (χ3v) is 6.51. The average Bonchev–Trinajstić information content (AvgIpc) is 3.39. The van der Waals surface area contributed by atoms with Crippen LogP contribution in [-0.2, 0) is 0 Å². The summed E-state index contributed by atoms with van der Waals surface area (Å²) in [5, 5.41) is 8.09. The minimum atomic E-state index is -0.466. The Balaban J connectivity index is 1.74. The van der Waals surface area contributed by atoms with Gasteiger partial charge in [-0.3, -0.25) is 14.8 Å². The lowest BCUT2D eigenvalue weighted by atomic mass is 9.95. The van der Waals surface area contributed by atoms with Crippen LogP contribution in [0.3, 0.4) is 0 Å². The number of amides is 1. The molecular weight excluding hydrogens is 506 g/mol. The first kappa shape index (κ1) is 21.6. The van der Waals surface area contributed by atoms with E-state index in [-0.39, 0.29) is 5.91 Å². The van der Waals surface area contributed by atoms with Crippen molar-refractivity contribution in [2.24, 2.45) is 0 Å². The van der Waals surface area contributed by atoms with Crippen molar-refractivity contribution in [1.29, 1.82) is 0 Å². The summed E-state index contributed by atoms with van der Waals surface area (Å²) in [5.74, 6) is 1.10. The number of aromatic amines is 1. The molecule has 166 valence electrons. The van der Waals surface area contributed by atoms with E-state index in [9.17, 15) is 4.79 Å². The van der Waals surface area contributed by atoms with Crippen LogP contribution >= 0.6 is 27.5 Å². The van der Waals surface area contributed by atoms with Crippen molar-refractivity contribution >= 4 is 39.1 Å². The molecule has 8 heteroatoms. The van der Waals surface area contributed by atoms with Gasteiger partial charge in [-0.25, -0.2) is 0 Å². The first-order valence-electron chi connectivity index (χ1n) is 10.2. The summed E-state index contributed by atoms with van der Waals surface area (Å²) in [6.45, 7) is 0. The van der Waals surface area contributed by atoms with Crippen molar-refractivity contribution in [2.75, 3.05) is 19.1 Å². The highest BCUT2D eigenvalue weighted by Crippen LogP contribution is 2.48. The first-order chi connectivity index (χ1) is 16.0. The van der Waals surface area contributed by atoms with Gasteiger partial charge in [0.15, 0.2) is 0 Å². The number of rotatable bonds is 5. The van der Waals surface area contributed by atoms with Gasteiger partial charge in [0.25, 0.3) is 5.91 Å². The second kappa shape index (κ2) is 8.57. The van der Waals surface area contributed by atoms with E-state index < -0.39 is 6.04 Å². The van der Waals surface area contributed by atoms with Crippen LogP contribution in [0, 0.1) is 0 Å². The Hall–Kier alpha value is -3.29. The molecule has 0 bridgehead atoms. The van der Waals surface area contributed by atoms with Gasteiger partial charge in [0, 0.05) is 37.9 Å². The molecule has 1 aliphatic rings. The molecule has 1 amide bonds. The van der Waals surface area contributed by atoms with E-state index in [1.165, 1.54) is 0 Å². The number of ether oxygens (including phenoxy) is 2.